The average molecular weight is 446 g/mol. The highest BCUT2D eigenvalue weighted by molar-refractivity contribution is 7.80. The molecule has 0 bridgehead atoms. The van der Waals surface area contributed by atoms with Crippen LogP contribution in [0, 0.1) is 13.8 Å². The zero-order chi connectivity index (χ0) is 22.8. The number of thiocarbonyl (C=S) groups is 1. The summed E-state index contributed by atoms with van der Waals surface area (Å²) < 4.78 is 5.84. The predicted molar refractivity (Wildman–Crippen MR) is 130 cm³/mol. The number of phenolic OH excluding ortho intramolecular Hbond substituents is 1. The number of carbonyl (C=O) groups excluding carboxylic acids is 1. The quantitative estimate of drug-likeness (QED) is 0.284. The van der Waals surface area contributed by atoms with Crippen molar-refractivity contribution in [3.05, 3.63) is 76.9 Å². The molecule has 1 aromatic heterocycles. The maximum absolute atomic E-state index is 12.5. The smallest absolute Gasteiger partial charge is 0.257 e. The van der Waals surface area contributed by atoms with E-state index < -0.39 is 0 Å². The number of nitrogens with one attached hydrogen (secondary N) is 2. The van der Waals surface area contributed by atoms with E-state index in [2.05, 4.69) is 22.5 Å². The molecule has 1 amide bonds. The molecule has 0 radical (unpaired) electrons. The predicted octanol–water partition coefficient (Wildman–Crippen LogP) is 5.51. The second-order valence-corrected chi connectivity index (χ2v) is 8.10. The molecule has 4 aromatic rings. The van der Waals surface area contributed by atoms with E-state index >= 15 is 0 Å². The molecular formula is C25H23N3O3S. The Bertz CT molecular complexity index is 1320. The van der Waals surface area contributed by atoms with Crippen LogP contribution < -0.4 is 10.6 Å². The summed E-state index contributed by atoms with van der Waals surface area (Å²) >= 11 is 5.31. The van der Waals surface area contributed by atoms with E-state index in [1.807, 2.05) is 38.1 Å². The highest BCUT2D eigenvalue weighted by Crippen LogP contribution is 2.33. The van der Waals surface area contributed by atoms with Crippen LogP contribution in [-0.4, -0.2) is 21.1 Å². The first-order valence-electron chi connectivity index (χ1n) is 10.3. The van der Waals surface area contributed by atoms with Crippen molar-refractivity contribution in [2.75, 3.05) is 5.32 Å². The summed E-state index contributed by atoms with van der Waals surface area (Å²) in [7, 11) is 0. The number of carbonyl (C=O) groups is 1. The van der Waals surface area contributed by atoms with Crippen molar-refractivity contribution >= 4 is 40.0 Å². The number of fused-ring (bicyclic) bond motifs is 1. The maximum atomic E-state index is 12.5. The van der Waals surface area contributed by atoms with Crippen LogP contribution in [0.2, 0.25) is 0 Å². The Morgan fingerprint density at radius 2 is 1.81 bits per heavy atom. The molecule has 3 N–H and O–H groups in total. The standard InChI is InChI=1S/C25H23N3O3S/c1-4-16-5-8-22-20(12-16)27-24(31-22)19-13-18(6-7-21(19)29)26-25(32)28-23(30)17-10-14(2)9-15(3)11-17/h5-13,29H,4H2,1-3H3,(H2,26,28,30,32). The van der Waals surface area contributed by atoms with Gasteiger partial charge in [-0.25, -0.2) is 4.98 Å². The minimum absolute atomic E-state index is 0.0306. The summed E-state index contributed by atoms with van der Waals surface area (Å²) in [6, 6.07) is 16.3. The van der Waals surface area contributed by atoms with Crippen LogP contribution in [0.5, 0.6) is 5.75 Å². The molecule has 7 heteroatoms. The molecule has 0 aliphatic rings. The molecule has 1 heterocycles. The Morgan fingerprint density at radius 1 is 1.06 bits per heavy atom. The fourth-order valence-electron chi connectivity index (χ4n) is 3.54. The normalized spacial score (nSPS) is 10.8. The molecule has 4 rings (SSSR count). The van der Waals surface area contributed by atoms with Crippen LogP contribution in [0.25, 0.3) is 22.6 Å². The minimum atomic E-state index is -0.293. The molecule has 32 heavy (non-hydrogen) atoms. The first-order valence-corrected chi connectivity index (χ1v) is 10.7. The van der Waals surface area contributed by atoms with Gasteiger partial charge in [0, 0.05) is 11.3 Å². The zero-order valence-electron chi connectivity index (χ0n) is 18.0. The molecule has 3 aromatic carbocycles. The van der Waals surface area contributed by atoms with Gasteiger partial charge >= 0.3 is 0 Å². The molecule has 0 unspecified atom stereocenters. The number of aromatic hydroxyl groups is 1. The van der Waals surface area contributed by atoms with Crippen molar-refractivity contribution in [3.8, 4) is 17.2 Å². The number of benzene rings is 3. The highest BCUT2D eigenvalue weighted by atomic mass is 32.1. The van der Waals surface area contributed by atoms with Gasteiger partial charge in [-0.2, -0.15) is 0 Å². The van der Waals surface area contributed by atoms with Crippen LogP contribution in [0.1, 0.15) is 34.0 Å². The second-order valence-electron chi connectivity index (χ2n) is 7.69. The molecule has 0 atom stereocenters. The minimum Gasteiger partial charge on any atom is -0.507 e. The van der Waals surface area contributed by atoms with E-state index in [1.54, 1.807) is 24.3 Å². The molecule has 6 nitrogen and oxygen atoms in total. The Labute approximate surface area is 191 Å². The van der Waals surface area contributed by atoms with Crippen LogP contribution in [0.3, 0.4) is 0 Å². The van der Waals surface area contributed by atoms with Crippen LogP contribution in [0.4, 0.5) is 5.69 Å². The average Bonchev–Trinajstić information content (AvgIpc) is 3.17. The van der Waals surface area contributed by atoms with Crippen LogP contribution in [0.15, 0.2) is 59.0 Å². The van der Waals surface area contributed by atoms with E-state index in [-0.39, 0.29) is 16.8 Å². The van der Waals surface area contributed by atoms with Crippen LogP contribution in [-0.2, 0) is 6.42 Å². The van der Waals surface area contributed by atoms with Gasteiger partial charge in [-0.3, -0.25) is 10.1 Å². The van der Waals surface area contributed by atoms with Crippen molar-refractivity contribution in [2.45, 2.75) is 27.2 Å². The molecule has 162 valence electrons. The lowest BCUT2D eigenvalue weighted by molar-refractivity contribution is 0.0977. The fourth-order valence-corrected chi connectivity index (χ4v) is 3.75. The number of oxazole rings is 1. The summed E-state index contributed by atoms with van der Waals surface area (Å²) in [6.45, 7) is 5.95. The number of hydrogen-bond acceptors (Lipinski definition) is 5. The number of aryl methyl sites for hydroxylation is 3. The second kappa shape index (κ2) is 8.80. The van der Waals surface area contributed by atoms with E-state index in [9.17, 15) is 9.90 Å². The Kier molecular flexibility index (Phi) is 5.92. The van der Waals surface area contributed by atoms with Crippen molar-refractivity contribution in [3.63, 3.8) is 0 Å². The SMILES string of the molecule is CCc1ccc2oc(-c3cc(NC(=S)NC(=O)c4cc(C)cc(C)c4)ccc3O)nc2c1. The summed E-state index contributed by atoms with van der Waals surface area (Å²) in [4.78, 5) is 17.1. The Morgan fingerprint density at radius 3 is 2.53 bits per heavy atom. The summed E-state index contributed by atoms with van der Waals surface area (Å²) in [5.41, 5.74) is 6.08. The van der Waals surface area contributed by atoms with Gasteiger partial charge in [0.25, 0.3) is 5.91 Å². The third-order valence-corrected chi connectivity index (χ3v) is 5.26. The first kappa shape index (κ1) is 21.5. The van der Waals surface area contributed by atoms with Crippen molar-refractivity contribution in [1.29, 1.82) is 0 Å². The summed E-state index contributed by atoms with van der Waals surface area (Å²) in [5.74, 6) is 0.0431. The van der Waals surface area contributed by atoms with Crippen molar-refractivity contribution < 1.29 is 14.3 Å². The third-order valence-electron chi connectivity index (χ3n) is 5.06. The fraction of sp³-hybridized carbons (Fsp3) is 0.160. The van der Waals surface area contributed by atoms with Crippen molar-refractivity contribution in [1.82, 2.24) is 10.3 Å². The van der Waals surface area contributed by atoms with E-state index in [1.165, 1.54) is 6.07 Å². The molecule has 0 aliphatic carbocycles. The van der Waals surface area contributed by atoms with Gasteiger partial charge in [0.05, 0.1) is 5.56 Å². The van der Waals surface area contributed by atoms with E-state index in [4.69, 9.17) is 16.6 Å². The van der Waals surface area contributed by atoms with E-state index in [0.29, 0.717) is 28.3 Å². The highest BCUT2D eigenvalue weighted by Gasteiger charge is 2.15. The lowest BCUT2D eigenvalue weighted by Gasteiger charge is -2.11. The topological polar surface area (TPSA) is 87.4 Å². The number of nitrogens with zero attached hydrogens (tertiary/aromatic N) is 1. The summed E-state index contributed by atoms with van der Waals surface area (Å²) in [5, 5.41) is 16.2. The van der Waals surface area contributed by atoms with Gasteiger partial charge in [0.15, 0.2) is 10.7 Å². The number of amides is 1. The van der Waals surface area contributed by atoms with Gasteiger partial charge in [-0.1, -0.05) is 30.2 Å². The number of hydrogen-bond donors (Lipinski definition) is 3. The lowest BCUT2D eigenvalue weighted by Crippen LogP contribution is -2.34. The molecule has 0 saturated carbocycles. The van der Waals surface area contributed by atoms with Gasteiger partial charge in [0.1, 0.15) is 11.3 Å². The number of phenols is 1. The Hall–Kier alpha value is -3.71. The first-order chi connectivity index (χ1) is 15.3. The van der Waals surface area contributed by atoms with Gasteiger partial charge in [-0.15, -0.1) is 0 Å². The van der Waals surface area contributed by atoms with Gasteiger partial charge < -0.3 is 14.8 Å². The van der Waals surface area contributed by atoms with E-state index in [0.717, 1.165) is 28.6 Å². The molecule has 0 fully saturated rings. The molecule has 0 aliphatic heterocycles. The monoisotopic (exact) mass is 445 g/mol. The summed E-state index contributed by atoms with van der Waals surface area (Å²) in [6.07, 6.45) is 0.897. The molecule has 0 saturated heterocycles. The third kappa shape index (κ3) is 4.63. The maximum Gasteiger partial charge on any atom is 0.257 e. The molecule has 0 spiro atoms. The van der Waals surface area contributed by atoms with Crippen molar-refractivity contribution in [2.24, 2.45) is 0 Å². The van der Waals surface area contributed by atoms with Gasteiger partial charge in [-0.05, 0) is 80.5 Å². The molecular weight excluding hydrogens is 422 g/mol. The Balaban J connectivity index is 1.53. The zero-order valence-corrected chi connectivity index (χ0v) is 18.8. The van der Waals surface area contributed by atoms with Gasteiger partial charge in [0.2, 0.25) is 5.89 Å². The van der Waals surface area contributed by atoms with Crippen LogP contribution >= 0.6 is 12.2 Å². The number of anilines is 1. The largest absolute Gasteiger partial charge is 0.507 e. The number of rotatable bonds is 4. The number of aromatic nitrogens is 1. The lowest BCUT2D eigenvalue weighted by atomic mass is 10.1.